The quantitative estimate of drug-likeness (QED) is 0.0219. The number of methoxy groups -OCH3 is 2. The van der Waals surface area contributed by atoms with E-state index in [1.165, 1.54) is 64.2 Å². The lowest BCUT2D eigenvalue weighted by Gasteiger charge is -2.29. The minimum atomic E-state index is -0.719. The van der Waals surface area contributed by atoms with Crippen LogP contribution in [0.1, 0.15) is 269 Å². The van der Waals surface area contributed by atoms with Crippen molar-refractivity contribution in [2.24, 2.45) is 53.0 Å². The Morgan fingerprint density at radius 2 is 0.596 bits per heavy atom. The van der Waals surface area contributed by atoms with Gasteiger partial charge in [-0.25, -0.2) is 18.7 Å². The van der Waals surface area contributed by atoms with Crippen LogP contribution in [0.15, 0.2) is 121 Å². The van der Waals surface area contributed by atoms with Gasteiger partial charge in [0.25, 0.3) is 0 Å². The lowest BCUT2D eigenvalue weighted by molar-refractivity contribution is -0.155. The van der Waals surface area contributed by atoms with Crippen molar-refractivity contribution in [3.8, 4) is 85.0 Å². The van der Waals surface area contributed by atoms with E-state index in [1.807, 2.05) is 177 Å². The number of hydrogen-bond donors (Lipinski definition) is 4. The maximum Gasteiger partial charge on any atom is 0.309 e. The number of carboxylic acids is 1. The van der Waals surface area contributed by atoms with Gasteiger partial charge in [0.15, 0.2) is 13.6 Å². The second-order valence-electron chi connectivity index (χ2n) is 38.5. The van der Waals surface area contributed by atoms with E-state index in [4.69, 9.17) is 61.9 Å². The fourth-order valence-corrected chi connectivity index (χ4v) is 19.0. The van der Waals surface area contributed by atoms with Gasteiger partial charge in [0.1, 0.15) is 57.2 Å². The van der Waals surface area contributed by atoms with Crippen LogP contribution in [0.2, 0.25) is 0 Å². The molecule has 0 bridgehead atoms. The summed E-state index contributed by atoms with van der Waals surface area (Å²) in [5.74, 6) is 1.96. The molecule has 4 N–H and O–H groups in total. The van der Waals surface area contributed by atoms with Crippen LogP contribution in [0.4, 0.5) is 0 Å². The summed E-state index contributed by atoms with van der Waals surface area (Å²) in [5, 5.41) is 78.8. The topological polar surface area (TPSA) is 396 Å². The van der Waals surface area contributed by atoms with Crippen molar-refractivity contribution < 1.29 is 91.7 Å². The average Bonchev–Trinajstić information content (AvgIpc) is 1.69. The first-order valence-electron chi connectivity index (χ1n) is 51.0. The monoisotopic (exact) mass is 1950 g/mol. The molecule has 5 aromatic heterocycles. The van der Waals surface area contributed by atoms with Gasteiger partial charge in [-0.2, -0.15) is 0 Å². The average molecular weight is 1950 g/mol. The van der Waals surface area contributed by atoms with Crippen molar-refractivity contribution >= 4 is 17.9 Å². The third-order valence-corrected chi connectivity index (χ3v) is 27.0. The first-order chi connectivity index (χ1) is 68.3. The molecule has 6 atom stereocenters. The lowest BCUT2D eigenvalue weighted by Crippen LogP contribution is -2.31. The summed E-state index contributed by atoms with van der Waals surface area (Å²) in [6.07, 6.45) is 35.6. The van der Waals surface area contributed by atoms with E-state index in [1.54, 1.807) is 45.1 Å². The van der Waals surface area contributed by atoms with E-state index in [0.717, 1.165) is 236 Å². The van der Waals surface area contributed by atoms with Crippen molar-refractivity contribution in [1.82, 2.24) is 75.0 Å². The van der Waals surface area contributed by atoms with Crippen molar-refractivity contribution in [2.45, 2.75) is 334 Å². The van der Waals surface area contributed by atoms with Crippen LogP contribution in [0.3, 0.4) is 0 Å². The molecule has 0 radical (unpaired) electrons. The van der Waals surface area contributed by atoms with E-state index in [2.05, 4.69) is 58.5 Å². The number of carbonyl (C=O) groups excluding carboxylic acids is 2. The molecule has 0 aliphatic heterocycles. The molecular weight excluding hydrogens is 1800 g/mol. The molecule has 5 aromatic carbocycles. The van der Waals surface area contributed by atoms with E-state index in [9.17, 15) is 29.7 Å². The number of aromatic nitrogens is 15. The summed E-state index contributed by atoms with van der Waals surface area (Å²) in [5.41, 5.74) is 14.3. The molecule has 0 saturated heterocycles. The number of esters is 2. The van der Waals surface area contributed by atoms with Gasteiger partial charge in [-0.05, 0) is 290 Å². The normalized spacial score (nSPS) is 19.4. The summed E-state index contributed by atoms with van der Waals surface area (Å²) >= 11 is 0. The molecule has 0 unspecified atom stereocenters. The molecule has 8 fully saturated rings. The van der Waals surface area contributed by atoms with E-state index >= 15 is 0 Å². The third-order valence-electron chi connectivity index (χ3n) is 27.0. The van der Waals surface area contributed by atoms with Crippen LogP contribution >= 0.6 is 0 Å². The van der Waals surface area contributed by atoms with Crippen molar-refractivity contribution in [3.05, 3.63) is 150 Å². The van der Waals surface area contributed by atoms with Crippen LogP contribution in [-0.4, -0.2) is 202 Å². The van der Waals surface area contributed by atoms with E-state index in [0.29, 0.717) is 70.1 Å². The number of aryl methyl sites for hydroxylation is 5. The fourth-order valence-electron chi connectivity index (χ4n) is 19.0. The Balaban J connectivity index is 0.000000152. The predicted molar refractivity (Wildman–Crippen MR) is 532 cm³/mol. The number of rotatable bonds is 33. The number of aliphatic carboxylic acids is 1. The zero-order valence-electron chi connectivity index (χ0n) is 84.8. The van der Waals surface area contributed by atoms with Crippen LogP contribution in [0.25, 0.3) is 56.3 Å². The zero-order chi connectivity index (χ0) is 99.9. The number of aliphatic hydroxyl groups excluding tert-OH is 2. The molecule has 141 heavy (non-hydrogen) atoms. The first kappa shape index (κ1) is 109. The number of hydrogen-bond acceptors (Lipinski definition) is 28. The molecule has 5 heterocycles. The fraction of sp³-hybridized carbons (Fsp3) is 0.598. The highest BCUT2D eigenvalue weighted by molar-refractivity contribution is 5.74. The summed E-state index contributed by atoms with van der Waals surface area (Å²) in [7, 11) is 12.7. The van der Waals surface area contributed by atoms with Gasteiger partial charge in [0.05, 0.1) is 134 Å². The first-order valence-corrected chi connectivity index (χ1v) is 51.0. The van der Waals surface area contributed by atoms with Crippen molar-refractivity contribution in [2.75, 3.05) is 27.8 Å². The highest BCUT2D eigenvalue weighted by Crippen LogP contribution is 2.37. The number of carboxylic acid groups (broad SMARTS) is 1. The Kier molecular flexibility index (Phi) is 43.7. The van der Waals surface area contributed by atoms with Gasteiger partial charge in [0, 0.05) is 77.3 Å². The number of phenols is 1. The summed E-state index contributed by atoms with van der Waals surface area (Å²) < 4.78 is 76.4. The predicted octanol–water partition coefficient (Wildman–Crippen LogP) is 18.8. The lowest BCUT2D eigenvalue weighted by atomic mass is 9.87. The molecule has 34 heteroatoms. The zero-order valence-corrected chi connectivity index (χ0v) is 84.8. The minimum absolute atomic E-state index is 0.0335. The maximum absolute atomic E-state index is 12.3. The van der Waals surface area contributed by atoms with Crippen LogP contribution < -0.4 is 18.9 Å². The Morgan fingerprint density at radius 3 is 0.887 bits per heavy atom. The number of carbonyl (C=O) groups is 3. The third kappa shape index (κ3) is 34.0. The molecule has 8 aliphatic rings. The summed E-state index contributed by atoms with van der Waals surface area (Å²) in [6, 6.07) is 38.4. The van der Waals surface area contributed by atoms with Crippen LogP contribution in [-0.2, 0) is 120 Å². The second-order valence-corrected chi connectivity index (χ2v) is 38.5. The standard InChI is InChI=1S/C25H35N3O4.C22H29N3O4.C17H23N3O3.C15H19N3O2.C13H17N3O2.C10H18O3.C5H10O/c1-17(2)31-25(29)19-7-6-10-22(15-19)32-21-13-11-18(12-14-21)24-23(28(3)27-26-24)16-30-20-8-4-5-9-20;1-25-20(14-28-17-6-2-3-7-17)21(23-24-25)15-9-11-18(12-10-15)29-19-8-4-5-16(13-19)22(26)27;1-20-16(11-22-14-5-3-4-6-14)17(18-19-20)13-7-9-15(10-8-13)23-12-21-2;1-18-14(10-20-13-4-2-3-5-13)15(16-17-18)11-6-8-12(19)9-7-11;1-4-12-13(14-15-16(12)2)10-5-7-11(8-6-10)18-9-17-3;1-7(2)13-10(12)8-4-3-5-9(11)6-8;6-5-3-1-2-4-5/h11-14,17,19-20,22H,4-10,15-16H2,1-3H3;9-12,16-17,19H,2-8,13-14H2,1H3,(H,26,27);7-10,14H,3-6,11-12H2,1-2H3;6-9,13,19H,2-5,10H2,1H3;5-8H,4,9H2,1-3H3;7-9,11H,3-6H2,1-2H3;5-6H,1-4H2/t19-,22-;16-,19-;;;;8-,9+;/m00...0./s1. The summed E-state index contributed by atoms with van der Waals surface area (Å²) in [6.45, 7) is 12.2. The Labute approximate surface area is 829 Å². The number of aromatic hydroxyl groups is 1. The molecule has 34 nitrogen and oxygen atoms in total. The molecule has 0 amide bonds. The van der Waals surface area contributed by atoms with Gasteiger partial charge in [-0.1, -0.05) is 104 Å². The number of nitrogens with zero attached hydrogens (tertiary/aromatic N) is 15. The minimum Gasteiger partial charge on any atom is -0.508 e. The Bertz CT molecular complexity index is 5320. The smallest absolute Gasteiger partial charge is 0.309 e. The number of ether oxygens (including phenoxy) is 12. The molecule has 8 saturated carbocycles. The maximum atomic E-state index is 12.3. The van der Waals surface area contributed by atoms with Gasteiger partial charge in [-0.3, -0.25) is 19.1 Å². The second kappa shape index (κ2) is 56.7. The molecule has 768 valence electrons. The molecule has 8 aliphatic carbocycles. The Hall–Kier alpha value is -11.1. The number of benzene rings is 5. The summed E-state index contributed by atoms with van der Waals surface area (Å²) in [4.78, 5) is 34.9. The SMILES string of the molecule is CC(C)OC(=O)[C@H]1CCC[C@@H](O)C1.CC(C)OC(=O)[C@H]1CCC[C@H](Oc2ccc(-c3nnn(C)c3COC3CCCC3)cc2)C1.CCc1c(-c2ccc(OCOC)cc2)nnn1C.COCOc1ccc(-c2nnn(C)c2COC2CCCC2)cc1.Cn1nnc(-c2ccc(O)cc2)c1COC1CCCC1.Cn1nnc(-c2ccc(O[C@H]3CCC[C@H](C(=O)O)C3)cc2)c1COC1CCCC1.OC1CCCC1. The Morgan fingerprint density at radius 1 is 0.333 bits per heavy atom. The van der Waals surface area contributed by atoms with Crippen molar-refractivity contribution in [1.29, 1.82) is 0 Å². The van der Waals surface area contributed by atoms with Crippen molar-refractivity contribution in [3.63, 3.8) is 0 Å². The molecule has 0 spiro atoms. The largest absolute Gasteiger partial charge is 0.508 e. The molecule has 18 rings (SSSR count). The van der Waals surface area contributed by atoms with Crippen LogP contribution in [0.5, 0.6) is 28.7 Å². The highest BCUT2D eigenvalue weighted by atomic mass is 16.7. The number of phenolic OH excluding ortho intramolecular Hbond substituents is 1. The molecule has 10 aromatic rings. The van der Waals surface area contributed by atoms with Gasteiger partial charge in [0.2, 0.25) is 0 Å². The van der Waals surface area contributed by atoms with Gasteiger partial charge in [-0.15, -0.1) is 25.5 Å². The van der Waals surface area contributed by atoms with E-state index < -0.39 is 5.97 Å². The molecular formula is C107H151N15O19. The number of aliphatic hydroxyl groups is 2. The van der Waals surface area contributed by atoms with Gasteiger partial charge >= 0.3 is 17.9 Å². The highest BCUT2D eigenvalue weighted by Gasteiger charge is 2.34. The van der Waals surface area contributed by atoms with Crippen LogP contribution in [0, 0.1) is 17.8 Å². The van der Waals surface area contributed by atoms with Gasteiger partial charge < -0.3 is 77.3 Å². The van der Waals surface area contributed by atoms with E-state index in [-0.39, 0.29) is 85.7 Å².